The fourth-order valence-electron chi connectivity index (χ4n) is 10.7. The molecule has 0 bridgehead atoms. The Morgan fingerprint density at radius 3 is 1.68 bits per heavy atom. The average molecular weight is 831 g/mol. The van der Waals surface area contributed by atoms with Crippen LogP contribution in [0, 0.1) is 0 Å². The van der Waals surface area contributed by atoms with Crippen LogP contribution in [0.15, 0.2) is 253 Å². The Labute approximate surface area is 380 Å². The molecule has 10 aromatic carbocycles. The lowest BCUT2D eigenvalue weighted by Gasteiger charge is -2.34. The van der Waals surface area contributed by atoms with E-state index in [1.165, 1.54) is 72.3 Å². The summed E-state index contributed by atoms with van der Waals surface area (Å²) in [5.41, 5.74) is 20.2. The van der Waals surface area contributed by atoms with Crippen LogP contribution >= 0.6 is 0 Å². The monoisotopic (exact) mass is 830 g/mol. The first-order valence-electron chi connectivity index (χ1n) is 22.8. The molecule has 11 aromatic rings. The summed E-state index contributed by atoms with van der Waals surface area (Å²) in [6.45, 7) is 0. The molecule has 1 nitrogen and oxygen atoms in total. The van der Waals surface area contributed by atoms with Gasteiger partial charge >= 0.3 is 0 Å². The molecule has 308 valence electrons. The standard InChI is InChI=1S/C64H46O/c1-4-15-45(16-5-1)46-32-34-49(35-33-46)54(48-17-6-2-7-18-48)41-29-44-27-30-47(31-28-44)51-38-42-57-56-21-10-12-25-60(56)64(61(57)43-51,52-19-8-3-9-20-52)53-39-36-50(37-40-53)55-23-14-24-59-58-22-11-13-26-62(58)65-63(55)59/h1-28,30-40,42-43,54H,29,41H2. The van der Waals surface area contributed by atoms with Crippen LogP contribution in [0.2, 0.25) is 0 Å². The minimum absolute atomic E-state index is 0.304. The summed E-state index contributed by atoms with van der Waals surface area (Å²) in [5, 5.41) is 2.29. The Hall–Kier alpha value is -8.00. The van der Waals surface area contributed by atoms with Gasteiger partial charge in [0.2, 0.25) is 0 Å². The smallest absolute Gasteiger partial charge is 0.143 e. The molecule has 65 heavy (non-hydrogen) atoms. The fourth-order valence-corrected chi connectivity index (χ4v) is 10.7. The SMILES string of the molecule is c1ccc(-c2ccc(C(CCc3ccc(-c4ccc5c(c4)C(c4ccccc4)(c4ccc(-c6cccc7c6oc6ccccc67)cc4)c4ccccc4-5)cc3)c3ccccc3)cc2)cc1. The maximum absolute atomic E-state index is 6.49. The number of aryl methyl sites for hydroxylation is 1. The summed E-state index contributed by atoms with van der Waals surface area (Å²) in [4.78, 5) is 0. The van der Waals surface area contributed by atoms with E-state index in [1.807, 2.05) is 6.07 Å². The third kappa shape index (κ3) is 6.71. The molecule has 12 rings (SSSR count). The predicted molar refractivity (Wildman–Crippen MR) is 270 cm³/mol. The number of para-hydroxylation sites is 2. The van der Waals surface area contributed by atoms with Crippen molar-refractivity contribution in [3.8, 4) is 44.5 Å². The lowest BCUT2D eigenvalue weighted by molar-refractivity contribution is 0.670. The maximum Gasteiger partial charge on any atom is 0.143 e. The zero-order valence-electron chi connectivity index (χ0n) is 36.1. The Morgan fingerprint density at radius 2 is 0.892 bits per heavy atom. The highest BCUT2D eigenvalue weighted by Crippen LogP contribution is 2.57. The molecule has 1 aliphatic carbocycles. The molecule has 2 unspecified atom stereocenters. The van der Waals surface area contributed by atoms with Crippen LogP contribution in [0.25, 0.3) is 66.4 Å². The summed E-state index contributed by atoms with van der Waals surface area (Å²) < 4.78 is 6.49. The molecule has 1 heterocycles. The number of fused-ring (bicyclic) bond motifs is 6. The van der Waals surface area contributed by atoms with Gasteiger partial charge in [-0.25, -0.2) is 0 Å². The third-order valence-electron chi connectivity index (χ3n) is 13.9. The molecule has 1 aromatic heterocycles. The first-order chi connectivity index (χ1) is 32.2. The van der Waals surface area contributed by atoms with E-state index in [0.717, 1.165) is 45.9 Å². The number of hydrogen-bond donors (Lipinski definition) is 0. The molecule has 0 aliphatic heterocycles. The van der Waals surface area contributed by atoms with Gasteiger partial charge in [0.1, 0.15) is 11.2 Å². The van der Waals surface area contributed by atoms with Gasteiger partial charge < -0.3 is 4.42 Å². The highest BCUT2D eigenvalue weighted by atomic mass is 16.3. The molecule has 2 atom stereocenters. The van der Waals surface area contributed by atoms with Crippen molar-refractivity contribution in [2.24, 2.45) is 0 Å². The Morgan fingerprint density at radius 1 is 0.354 bits per heavy atom. The van der Waals surface area contributed by atoms with Crippen molar-refractivity contribution in [3.05, 3.63) is 288 Å². The molecule has 1 aliphatic rings. The van der Waals surface area contributed by atoms with Crippen LogP contribution in [0.4, 0.5) is 0 Å². The van der Waals surface area contributed by atoms with Crippen molar-refractivity contribution in [1.82, 2.24) is 0 Å². The van der Waals surface area contributed by atoms with E-state index in [0.29, 0.717) is 5.92 Å². The van der Waals surface area contributed by atoms with E-state index in [9.17, 15) is 0 Å². The lowest BCUT2D eigenvalue weighted by atomic mass is 9.67. The highest BCUT2D eigenvalue weighted by molar-refractivity contribution is 6.09. The maximum atomic E-state index is 6.49. The largest absolute Gasteiger partial charge is 0.455 e. The van der Waals surface area contributed by atoms with E-state index in [2.05, 4.69) is 243 Å². The average Bonchev–Trinajstić information content (AvgIpc) is 3.92. The highest BCUT2D eigenvalue weighted by Gasteiger charge is 2.46. The minimum Gasteiger partial charge on any atom is -0.455 e. The second-order valence-corrected chi connectivity index (χ2v) is 17.5. The van der Waals surface area contributed by atoms with Crippen molar-refractivity contribution >= 4 is 21.9 Å². The molecule has 1 heteroatoms. The van der Waals surface area contributed by atoms with Crippen LogP contribution in [-0.4, -0.2) is 0 Å². The van der Waals surface area contributed by atoms with E-state index in [4.69, 9.17) is 4.42 Å². The second kappa shape index (κ2) is 16.3. The normalized spacial score (nSPS) is 14.6. The summed E-state index contributed by atoms with van der Waals surface area (Å²) in [6, 6.07) is 91.4. The van der Waals surface area contributed by atoms with Gasteiger partial charge in [0.25, 0.3) is 0 Å². The number of rotatable bonds is 10. The van der Waals surface area contributed by atoms with E-state index in [1.54, 1.807) is 0 Å². The van der Waals surface area contributed by atoms with Crippen molar-refractivity contribution < 1.29 is 4.42 Å². The molecule has 0 fully saturated rings. The van der Waals surface area contributed by atoms with Crippen molar-refractivity contribution in [1.29, 1.82) is 0 Å². The predicted octanol–water partition coefficient (Wildman–Crippen LogP) is 16.7. The van der Waals surface area contributed by atoms with E-state index >= 15 is 0 Å². The number of hydrogen-bond acceptors (Lipinski definition) is 1. The van der Waals surface area contributed by atoms with Gasteiger partial charge in [-0.2, -0.15) is 0 Å². The first kappa shape index (κ1) is 38.7. The summed E-state index contributed by atoms with van der Waals surface area (Å²) >= 11 is 0. The molecular formula is C64H46O. The Kier molecular flexibility index (Phi) is 9.68. The lowest BCUT2D eigenvalue weighted by Crippen LogP contribution is -2.28. The zero-order valence-corrected chi connectivity index (χ0v) is 36.1. The second-order valence-electron chi connectivity index (χ2n) is 17.5. The van der Waals surface area contributed by atoms with Crippen LogP contribution in [0.1, 0.15) is 51.3 Å². The van der Waals surface area contributed by atoms with Gasteiger partial charge in [-0.05, 0) is 103 Å². The zero-order chi connectivity index (χ0) is 43.2. The Balaban J connectivity index is 0.888. The fraction of sp³-hybridized carbons (Fsp3) is 0.0625. The van der Waals surface area contributed by atoms with Crippen LogP contribution < -0.4 is 0 Å². The molecular weight excluding hydrogens is 785 g/mol. The van der Waals surface area contributed by atoms with Crippen molar-refractivity contribution in [3.63, 3.8) is 0 Å². The summed E-state index contributed by atoms with van der Waals surface area (Å²) in [6.07, 6.45) is 2.01. The van der Waals surface area contributed by atoms with Crippen molar-refractivity contribution in [2.75, 3.05) is 0 Å². The molecule has 0 saturated carbocycles. The third-order valence-corrected chi connectivity index (χ3v) is 13.9. The van der Waals surface area contributed by atoms with Gasteiger partial charge in [-0.15, -0.1) is 0 Å². The van der Waals surface area contributed by atoms with Crippen LogP contribution in [0.5, 0.6) is 0 Å². The molecule has 0 radical (unpaired) electrons. The van der Waals surface area contributed by atoms with Gasteiger partial charge in [-0.1, -0.05) is 237 Å². The van der Waals surface area contributed by atoms with Crippen LogP contribution in [-0.2, 0) is 11.8 Å². The first-order valence-corrected chi connectivity index (χ1v) is 22.8. The molecule has 0 saturated heterocycles. The van der Waals surface area contributed by atoms with E-state index < -0.39 is 5.41 Å². The topological polar surface area (TPSA) is 13.1 Å². The molecule has 0 spiro atoms. The summed E-state index contributed by atoms with van der Waals surface area (Å²) in [5.74, 6) is 0.304. The molecule has 0 N–H and O–H groups in total. The van der Waals surface area contributed by atoms with Gasteiger partial charge in [0.05, 0.1) is 5.41 Å². The number of benzene rings is 10. The quantitative estimate of drug-likeness (QED) is 0.134. The van der Waals surface area contributed by atoms with E-state index in [-0.39, 0.29) is 0 Å². The van der Waals surface area contributed by atoms with Crippen LogP contribution in [0.3, 0.4) is 0 Å². The Bertz CT molecular complexity index is 3440. The minimum atomic E-state index is -0.515. The number of furan rings is 1. The van der Waals surface area contributed by atoms with Gasteiger partial charge in [0, 0.05) is 22.3 Å². The molecule has 0 amide bonds. The summed E-state index contributed by atoms with van der Waals surface area (Å²) in [7, 11) is 0. The van der Waals surface area contributed by atoms with Gasteiger partial charge in [0.15, 0.2) is 0 Å². The van der Waals surface area contributed by atoms with Gasteiger partial charge in [-0.3, -0.25) is 0 Å². The van der Waals surface area contributed by atoms with Crippen molar-refractivity contribution in [2.45, 2.75) is 24.2 Å².